The lowest BCUT2D eigenvalue weighted by molar-refractivity contribution is -0.113. The maximum Gasteiger partial charge on any atom is 0.137 e. The molecule has 0 atom stereocenters. The monoisotopic (exact) mass is 252 g/mol. The highest BCUT2D eigenvalue weighted by molar-refractivity contribution is 6.32. The van der Waals surface area contributed by atoms with Crippen molar-refractivity contribution in [1.29, 1.82) is 0 Å². The van der Waals surface area contributed by atoms with Gasteiger partial charge in [-0.3, -0.25) is 0 Å². The standard InChI is InChI=1S/C14H17ClO2/c1-17-13-6-5-11(9-12(13)15)14(10-16)7-3-2-4-8-14/h5-6,9-10H,2-4,7-8H2,1H3. The number of hydrogen-bond acceptors (Lipinski definition) is 2. The lowest BCUT2D eigenvalue weighted by atomic mass is 9.70. The number of halogens is 1. The Morgan fingerprint density at radius 2 is 2.00 bits per heavy atom. The zero-order valence-electron chi connectivity index (χ0n) is 10.0. The topological polar surface area (TPSA) is 26.3 Å². The fraction of sp³-hybridized carbons (Fsp3) is 0.500. The van der Waals surface area contributed by atoms with Crippen LogP contribution >= 0.6 is 11.6 Å². The van der Waals surface area contributed by atoms with Crippen molar-refractivity contribution >= 4 is 17.9 Å². The highest BCUT2D eigenvalue weighted by Crippen LogP contribution is 2.40. The molecule has 0 radical (unpaired) electrons. The van der Waals surface area contributed by atoms with E-state index in [2.05, 4.69) is 0 Å². The van der Waals surface area contributed by atoms with Crippen molar-refractivity contribution in [3.63, 3.8) is 0 Å². The molecule has 2 rings (SSSR count). The Kier molecular flexibility index (Phi) is 3.72. The molecule has 0 saturated heterocycles. The van der Waals surface area contributed by atoms with Crippen LogP contribution < -0.4 is 4.74 Å². The third-order valence-corrected chi connectivity index (χ3v) is 3.99. The van der Waals surface area contributed by atoms with Crippen LogP contribution in [-0.2, 0) is 10.2 Å². The summed E-state index contributed by atoms with van der Waals surface area (Å²) in [6, 6.07) is 5.68. The summed E-state index contributed by atoms with van der Waals surface area (Å²) in [5.74, 6) is 0.660. The minimum absolute atomic E-state index is 0.325. The van der Waals surface area contributed by atoms with Crippen molar-refractivity contribution in [2.24, 2.45) is 0 Å². The Bertz CT molecular complexity index is 409. The van der Waals surface area contributed by atoms with E-state index in [0.29, 0.717) is 10.8 Å². The summed E-state index contributed by atoms with van der Waals surface area (Å²) in [5.41, 5.74) is 0.701. The molecule has 1 aliphatic carbocycles. The average molecular weight is 253 g/mol. The second-order valence-electron chi connectivity index (χ2n) is 4.68. The Labute approximate surface area is 107 Å². The van der Waals surface area contributed by atoms with Crippen LogP contribution in [0.15, 0.2) is 18.2 Å². The van der Waals surface area contributed by atoms with E-state index < -0.39 is 0 Å². The van der Waals surface area contributed by atoms with Gasteiger partial charge in [0.2, 0.25) is 0 Å². The van der Waals surface area contributed by atoms with Crippen LogP contribution in [0.4, 0.5) is 0 Å². The fourth-order valence-electron chi connectivity index (χ4n) is 2.63. The second kappa shape index (κ2) is 5.09. The number of hydrogen-bond donors (Lipinski definition) is 0. The smallest absolute Gasteiger partial charge is 0.137 e. The highest BCUT2D eigenvalue weighted by Gasteiger charge is 2.33. The van der Waals surface area contributed by atoms with Gasteiger partial charge < -0.3 is 9.53 Å². The summed E-state index contributed by atoms with van der Waals surface area (Å²) in [6.45, 7) is 0. The zero-order chi connectivity index (χ0) is 12.3. The van der Waals surface area contributed by atoms with Gasteiger partial charge in [-0.2, -0.15) is 0 Å². The lowest BCUT2D eigenvalue weighted by Gasteiger charge is -2.32. The summed E-state index contributed by atoms with van der Waals surface area (Å²) < 4.78 is 5.13. The molecule has 0 bridgehead atoms. The highest BCUT2D eigenvalue weighted by atomic mass is 35.5. The Morgan fingerprint density at radius 1 is 1.29 bits per heavy atom. The first-order valence-corrected chi connectivity index (χ1v) is 6.40. The number of ether oxygens (including phenoxy) is 1. The van der Waals surface area contributed by atoms with Gasteiger partial charge in [0.1, 0.15) is 12.0 Å². The molecular formula is C14H17ClO2. The van der Waals surface area contributed by atoms with Crippen LogP contribution in [0.2, 0.25) is 5.02 Å². The summed E-state index contributed by atoms with van der Waals surface area (Å²) in [5, 5.41) is 0.580. The van der Waals surface area contributed by atoms with Gasteiger partial charge in [-0.15, -0.1) is 0 Å². The Hall–Kier alpha value is -1.02. The Balaban J connectivity index is 2.37. The largest absolute Gasteiger partial charge is 0.495 e. The van der Waals surface area contributed by atoms with Crippen molar-refractivity contribution in [1.82, 2.24) is 0 Å². The summed E-state index contributed by atoms with van der Waals surface area (Å²) >= 11 is 6.13. The molecule has 0 unspecified atom stereocenters. The predicted octanol–water partition coefficient (Wildman–Crippen LogP) is 3.75. The zero-order valence-corrected chi connectivity index (χ0v) is 10.8. The van der Waals surface area contributed by atoms with Crippen LogP contribution in [-0.4, -0.2) is 13.4 Å². The third kappa shape index (κ3) is 2.32. The number of rotatable bonds is 3. The lowest BCUT2D eigenvalue weighted by Crippen LogP contribution is -2.30. The molecule has 1 saturated carbocycles. The normalized spacial score (nSPS) is 18.7. The van der Waals surface area contributed by atoms with Gasteiger partial charge in [-0.1, -0.05) is 36.9 Å². The van der Waals surface area contributed by atoms with Crippen LogP contribution in [0.1, 0.15) is 37.7 Å². The van der Waals surface area contributed by atoms with E-state index in [1.54, 1.807) is 7.11 Å². The number of carbonyl (C=O) groups is 1. The quantitative estimate of drug-likeness (QED) is 0.766. The van der Waals surface area contributed by atoms with E-state index in [-0.39, 0.29) is 5.41 Å². The minimum Gasteiger partial charge on any atom is -0.495 e. The van der Waals surface area contributed by atoms with Crippen molar-refractivity contribution in [2.45, 2.75) is 37.5 Å². The van der Waals surface area contributed by atoms with E-state index in [9.17, 15) is 4.79 Å². The van der Waals surface area contributed by atoms with Crippen molar-refractivity contribution in [3.8, 4) is 5.75 Å². The van der Waals surface area contributed by atoms with E-state index in [1.165, 1.54) is 6.42 Å². The van der Waals surface area contributed by atoms with Gasteiger partial charge in [-0.25, -0.2) is 0 Å². The van der Waals surface area contributed by atoms with Gasteiger partial charge in [0.15, 0.2) is 0 Å². The van der Waals surface area contributed by atoms with Crippen molar-refractivity contribution < 1.29 is 9.53 Å². The molecular weight excluding hydrogens is 236 g/mol. The molecule has 1 aromatic rings. The molecule has 0 spiro atoms. The maximum absolute atomic E-state index is 11.5. The first-order chi connectivity index (χ1) is 8.22. The molecule has 1 aromatic carbocycles. The summed E-state index contributed by atoms with van der Waals surface area (Å²) in [7, 11) is 1.59. The van der Waals surface area contributed by atoms with E-state index in [0.717, 1.165) is 37.5 Å². The SMILES string of the molecule is COc1ccc(C2(C=O)CCCCC2)cc1Cl. The van der Waals surface area contributed by atoms with E-state index >= 15 is 0 Å². The van der Waals surface area contributed by atoms with E-state index in [4.69, 9.17) is 16.3 Å². The molecule has 0 amide bonds. The first kappa shape index (κ1) is 12.4. The minimum atomic E-state index is -0.325. The maximum atomic E-state index is 11.5. The van der Waals surface area contributed by atoms with Gasteiger partial charge in [0.05, 0.1) is 17.5 Å². The molecule has 3 heteroatoms. The number of aldehydes is 1. The fourth-order valence-corrected chi connectivity index (χ4v) is 2.89. The van der Waals surface area contributed by atoms with Crippen LogP contribution in [0.5, 0.6) is 5.75 Å². The van der Waals surface area contributed by atoms with Crippen LogP contribution in [0.3, 0.4) is 0 Å². The molecule has 0 N–H and O–H groups in total. The van der Waals surface area contributed by atoms with Gasteiger partial charge in [-0.05, 0) is 30.5 Å². The average Bonchev–Trinajstić information content (AvgIpc) is 2.39. The molecule has 17 heavy (non-hydrogen) atoms. The molecule has 0 aromatic heterocycles. The molecule has 2 nitrogen and oxygen atoms in total. The number of carbonyl (C=O) groups excluding carboxylic acids is 1. The number of methoxy groups -OCH3 is 1. The molecule has 92 valence electrons. The van der Waals surface area contributed by atoms with Gasteiger partial charge >= 0.3 is 0 Å². The Morgan fingerprint density at radius 3 is 2.53 bits per heavy atom. The first-order valence-electron chi connectivity index (χ1n) is 6.02. The molecule has 1 aliphatic rings. The predicted molar refractivity (Wildman–Crippen MR) is 68.8 cm³/mol. The van der Waals surface area contributed by atoms with Crippen LogP contribution in [0, 0.1) is 0 Å². The van der Waals surface area contributed by atoms with Crippen molar-refractivity contribution in [2.75, 3.05) is 7.11 Å². The second-order valence-corrected chi connectivity index (χ2v) is 5.09. The number of benzene rings is 1. The van der Waals surface area contributed by atoms with Gasteiger partial charge in [0.25, 0.3) is 0 Å². The summed E-state index contributed by atoms with van der Waals surface area (Å²) in [4.78, 5) is 11.5. The van der Waals surface area contributed by atoms with Crippen molar-refractivity contribution in [3.05, 3.63) is 28.8 Å². The molecule has 0 aliphatic heterocycles. The van der Waals surface area contributed by atoms with Gasteiger partial charge in [0, 0.05) is 0 Å². The van der Waals surface area contributed by atoms with Crippen LogP contribution in [0.25, 0.3) is 0 Å². The summed E-state index contributed by atoms with van der Waals surface area (Å²) in [6.07, 6.45) is 6.41. The molecule has 1 fully saturated rings. The molecule has 0 heterocycles. The van der Waals surface area contributed by atoms with E-state index in [1.807, 2.05) is 18.2 Å². The third-order valence-electron chi connectivity index (χ3n) is 3.70.